The fourth-order valence-corrected chi connectivity index (χ4v) is 4.56. The Kier molecular flexibility index (Phi) is 7.06. The summed E-state index contributed by atoms with van der Waals surface area (Å²) in [5, 5.41) is 3.52. The van der Waals surface area contributed by atoms with Gasteiger partial charge >= 0.3 is 5.97 Å². The van der Waals surface area contributed by atoms with Crippen LogP contribution < -0.4 is 5.32 Å². The van der Waals surface area contributed by atoms with Crippen molar-refractivity contribution < 1.29 is 14.3 Å². The van der Waals surface area contributed by atoms with Crippen LogP contribution in [0.4, 0.5) is 0 Å². The van der Waals surface area contributed by atoms with E-state index in [1.807, 2.05) is 38.1 Å². The third kappa shape index (κ3) is 5.61. The molecular formula is C30H34N2O3. The Labute approximate surface area is 207 Å². The molecular weight excluding hydrogens is 436 g/mol. The molecule has 5 nitrogen and oxygen atoms in total. The number of ether oxygens (including phenoxy) is 1. The molecule has 0 atom stereocenters. The first-order chi connectivity index (χ1) is 16.6. The molecule has 0 saturated heterocycles. The zero-order chi connectivity index (χ0) is 25.2. The minimum absolute atomic E-state index is 0.0131. The lowest BCUT2D eigenvalue weighted by molar-refractivity contribution is -0.124. The lowest BCUT2D eigenvalue weighted by Gasteiger charge is -2.23. The number of aromatic nitrogens is 1. The molecule has 1 N–H and O–H groups in total. The van der Waals surface area contributed by atoms with Gasteiger partial charge in [-0.05, 0) is 72.9 Å². The van der Waals surface area contributed by atoms with Gasteiger partial charge in [-0.1, -0.05) is 63.2 Å². The first kappa shape index (κ1) is 24.6. The van der Waals surface area contributed by atoms with E-state index >= 15 is 0 Å². The zero-order valence-corrected chi connectivity index (χ0v) is 21.3. The van der Waals surface area contributed by atoms with E-state index in [2.05, 4.69) is 56.4 Å². The van der Waals surface area contributed by atoms with Crippen molar-refractivity contribution >= 4 is 34.4 Å². The van der Waals surface area contributed by atoms with Crippen molar-refractivity contribution in [2.45, 2.75) is 65.3 Å². The molecule has 0 saturated carbocycles. The average Bonchev–Trinajstić information content (AvgIpc) is 2.81. The first-order valence-corrected chi connectivity index (χ1v) is 12.3. The summed E-state index contributed by atoms with van der Waals surface area (Å²) in [6.45, 7) is 10.1. The van der Waals surface area contributed by atoms with E-state index in [0.29, 0.717) is 5.56 Å². The summed E-state index contributed by atoms with van der Waals surface area (Å²) in [5.74, 6) is -0.783. The quantitative estimate of drug-likeness (QED) is 0.458. The number of benzene rings is 2. The highest BCUT2D eigenvalue weighted by Crippen LogP contribution is 2.36. The van der Waals surface area contributed by atoms with Crippen LogP contribution in [0.5, 0.6) is 0 Å². The number of nitrogens with one attached hydrogen (secondary N) is 1. The van der Waals surface area contributed by atoms with E-state index in [1.54, 1.807) is 0 Å². The molecule has 1 heterocycles. The summed E-state index contributed by atoms with van der Waals surface area (Å²) in [6.07, 6.45) is 4.74. The fourth-order valence-electron chi connectivity index (χ4n) is 4.56. The number of rotatable bonds is 5. The number of esters is 1. The monoisotopic (exact) mass is 470 g/mol. The van der Waals surface area contributed by atoms with Gasteiger partial charge in [0, 0.05) is 11.4 Å². The van der Waals surface area contributed by atoms with Gasteiger partial charge in [-0.2, -0.15) is 0 Å². The second-order valence-corrected chi connectivity index (χ2v) is 10.5. The van der Waals surface area contributed by atoms with Crippen molar-refractivity contribution in [1.82, 2.24) is 10.3 Å². The first-order valence-electron chi connectivity index (χ1n) is 12.3. The third-order valence-electron chi connectivity index (χ3n) is 6.28. The van der Waals surface area contributed by atoms with Crippen molar-refractivity contribution in [3.8, 4) is 0 Å². The van der Waals surface area contributed by atoms with Crippen LogP contribution in [0.1, 0.15) is 80.2 Å². The molecule has 2 aromatic carbocycles. The molecule has 1 aromatic heterocycles. The Hall–Kier alpha value is -3.47. The second kappa shape index (κ2) is 10.0. The minimum atomic E-state index is -0.477. The maximum absolute atomic E-state index is 13.3. The van der Waals surface area contributed by atoms with Crippen LogP contribution >= 0.6 is 0 Å². The second-order valence-electron chi connectivity index (χ2n) is 10.5. The summed E-state index contributed by atoms with van der Waals surface area (Å²) < 4.78 is 5.47. The van der Waals surface area contributed by atoms with Crippen LogP contribution in [0.25, 0.3) is 22.6 Å². The van der Waals surface area contributed by atoms with Crippen molar-refractivity contribution in [2.24, 2.45) is 0 Å². The van der Waals surface area contributed by atoms with Crippen LogP contribution in [0.3, 0.4) is 0 Å². The molecule has 0 unspecified atom stereocenters. The molecule has 0 radical (unpaired) electrons. The molecule has 182 valence electrons. The summed E-state index contributed by atoms with van der Waals surface area (Å²) in [4.78, 5) is 30.3. The number of hydrogen-bond acceptors (Lipinski definition) is 4. The Balaban J connectivity index is 1.73. The Bertz CT molecular complexity index is 1280. The van der Waals surface area contributed by atoms with Gasteiger partial charge in [0.1, 0.15) is 0 Å². The summed E-state index contributed by atoms with van der Waals surface area (Å²) in [6, 6.07) is 16.3. The molecule has 4 rings (SSSR count). The van der Waals surface area contributed by atoms with E-state index in [9.17, 15) is 9.59 Å². The summed E-state index contributed by atoms with van der Waals surface area (Å²) in [7, 11) is 0. The van der Waals surface area contributed by atoms with Gasteiger partial charge in [-0.25, -0.2) is 9.78 Å². The van der Waals surface area contributed by atoms with Crippen molar-refractivity contribution in [1.29, 1.82) is 0 Å². The van der Waals surface area contributed by atoms with Gasteiger partial charge in [0.15, 0.2) is 6.61 Å². The molecule has 0 bridgehead atoms. The molecule has 3 aromatic rings. The van der Waals surface area contributed by atoms with Crippen LogP contribution in [-0.2, 0) is 21.4 Å². The number of amides is 1. The normalized spacial score (nSPS) is 14.7. The number of para-hydroxylation sites is 1. The van der Waals surface area contributed by atoms with E-state index in [4.69, 9.17) is 9.72 Å². The molecule has 0 fully saturated rings. The topological polar surface area (TPSA) is 68.3 Å². The van der Waals surface area contributed by atoms with E-state index in [1.165, 1.54) is 5.56 Å². The molecule has 1 aliphatic carbocycles. The number of hydrogen-bond donors (Lipinski definition) is 1. The van der Waals surface area contributed by atoms with Gasteiger partial charge in [-0.3, -0.25) is 4.79 Å². The van der Waals surface area contributed by atoms with Gasteiger partial charge in [0.05, 0.1) is 16.8 Å². The number of carbonyl (C=O) groups excluding carboxylic acids is 2. The molecule has 0 aliphatic heterocycles. The maximum Gasteiger partial charge on any atom is 0.339 e. The maximum atomic E-state index is 13.3. The highest BCUT2D eigenvalue weighted by molar-refractivity contribution is 6.07. The number of pyridine rings is 1. The minimum Gasteiger partial charge on any atom is -0.452 e. The van der Waals surface area contributed by atoms with E-state index in [0.717, 1.165) is 52.6 Å². The van der Waals surface area contributed by atoms with Crippen LogP contribution in [0.15, 0.2) is 48.5 Å². The Morgan fingerprint density at radius 2 is 1.77 bits per heavy atom. The lowest BCUT2D eigenvalue weighted by atomic mass is 9.85. The lowest BCUT2D eigenvalue weighted by Crippen LogP contribution is -2.34. The van der Waals surface area contributed by atoms with E-state index < -0.39 is 5.97 Å². The van der Waals surface area contributed by atoms with Gasteiger partial charge < -0.3 is 10.1 Å². The van der Waals surface area contributed by atoms with Gasteiger partial charge in [-0.15, -0.1) is 0 Å². The Morgan fingerprint density at radius 3 is 2.46 bits per heavy atom. The largest absolute Gasteiger partial charge is 0.452 e. The highest BCUT2D eigenvalue weighted by Gasteiger charge is 2.26. The van der Waals surface area contributed by atoms with Gasteiger partial charge in [0.25, 0.3) is 5.91 Å². The van der Waals surface area contributed by atoms with Crippen LogP contribution in [0.2, 0.25) is 0 Å². The van der Waals surface area contributed by atoms with Crippen LogP contribution in [0, 0.1) is 0 Å². The molecule has 1 aliphatic rings. The number of nitrogens with zero attached hydrogens (tertiary/aromatic N) is 1. The molecule has 0 spiro atoms. The summed E-state index contributed by atoms with van der Waals surface area (Å²) in [5.41, 5.74) is 6.66. The smallest absolute Gasteiger partial charge is 0.339 e. The average molecular weight is 471 g/mol. The number of allylic oxidation sites excluding steroid dienone is 1. The van der Waals surface area contributed by atoms with Crippen molar-refractivity contribution in [2.75, 3.05) is 6.61 Å². The molecule has 5 heteroatoms. The van der Waals surface area contributed by atoms with Gasteiger partial charge in [0.2, 0.25) is 0 Å². The predicted molar refractivity (Wildman–Crippen MR) is 141 cm³/mol. The Morgan fingerprint density at radius 1 is 1.06 bits per heavy atom. The SMILES string of the molecule is CC(C)NC(=O)COC(=O)c1c2c(nc3ccccc13)/C(=C\c1ccc(C(C)(C)C)cc1)CCC2. The standard InChI is InChI=1S/C30H34N2O3/c1-19(2)31-26(33)18-35-29(34)27-23-10-6-7-12-25(23)32-28-21(9-8-11-24(27)28)17-20-13-15-22(16-14-20)30(3,4)5/h6-7,10,12-17,19H,8-9,11,18H2,1-5H3,(H,31,33)/b21-17-. The zero-order valence-electron chi connectivity index (χ0n) is 21.3. The molecule has 35 heavy (non-hydrogen) atoms. The fraction of sp³-hybridized carbons (Fsp3) is 0.367. The highest BCUT2D eigenvalue weighted by atomic mass is 16.5. The van der Waals surface area contributed by atoms with Crippen molar-refractivity contribution in [3.63, 3.8) is 0 Å². The van der Waals surface area contributed by atoms with Crippen LogP contribution in [-0.4, -0.2) is 29.5 Å². The number of carbonyl (C=O) groups is 2. The third-order valence-corrected chi connectivity index (χ3v) is 6.28. The molecule has 1 amide bonds. The summed E-state index contributed by atoms with van der Waals surface area (Å²) >= 11 is 0. The number of fused-ring (bicyclic) bond motifs is 2. The predicted octanol–water partition coefficient (Wildman–Crippen LogP) is 6.09. The van der Waals surface area contributed by atoms with Crippen molar-refractivity contribution in [3.05, 3.63) is 76.5 Å². The van der Waals surface area contributed by atoms with E-state index in [-0.39, 0.29) is 24.0 Å².